The molecule has 0 aromatic carbocycles. The van der Waals surface area contributed by atoms with Gasteiger partial charge in [0.2, 0.25) is 0 Å². The van der Waals surface area contributed by atoms with Gasteiger partial charge in [0.25, 0.3) is 5.91 Å². The van der Waals surface area contributed by atoms with Crippen molar-refractivity contribution in [1.82, 2.24) is 9.47 Å². The van der Waals surface area contributed by atoms with E-state index < -0.39 is 0 Å². The van der Waals surface area contributed by atoms with Crippen LogP contribution in [0.2, 0.25) is 0 Å². The van der Waals surface area contributed by atoms with Crippen molar-refractivity contribution < 1.29 is 9.90 Å². The number of aromatic nitrogens is 1. The fourth-order valence-corrected chi connectivity index (χ4v) is 3.48. The van der Waals surface area contributed by atoms with E-state index in [1.807, 2.05) is 45.4 Å². The van der Waals surface area contributed by atoms with E-state index in [0.29, 0.717) is 5.92 Å². The van der Waals surface area contributed by atoms with Gasteiger partial charge in [-0.15, -0.1) is 11.3 Å². The second-order valence-electron chi connectivity index (χ2n) is 5.14. The molecule has 0 aliphatic carbocycles. The number of amides is 1. The highest BCUT2D eigenvalue weighted by molar-refractivity contribution is 7.12. The van der Waals surface area contributed by atoms with Gasteiger partial charge in [-0.2, -0.15) is 0 Å². The van der Waals surface area contributed by atoms with Crippen molar-refractivity contribution in [1.29, 1.82) is 0 Å². The summed E-state index contributed by atoms with van der Waals surface area (Å²) in [5, 5.41) is 11.1. The highest BCUT2D eigenvalue weighted by Gasteiger charge is 2.25. The molecule has 3 rings (SSSR count). The van der Waals surface area contributed by atoms with Crippen molar-refractivity contribution in [2.24, 2.45) is 5.92 Å². The number of piperidine rings is 1. The summed E-state index contributed by atoms with van der Waals surface area (Å²) in [6, 6.07) is 5.90. The van der Waals surface area contributed by atoms with Crippen LogP contribution < -0.4 is 0 Å². The molecule has 1 N–H and O–H groups in total. The normalized spacial score (nSPS) is 16.6. The quantitative estimate of drug-likeness (QED) is 0.943. The highest BCUT2D eigenvalue weighted by Crippen LogP contribution is 2.25. The molecule has 20 heavy (non-hydrogen) atoms. The van der Waals surface area contributed by atoms with E-state index >= 15 is 0 Å². The van der Waals surface area contributed by atoms with Crippen LogP contribution in [0.1, 0.15) is 22.5 Å². The van der Waals surface area contributed by atoms with E-state index in [-0.39, 0.29) is 12.5 Å². The second kappa shape index (κ2) is 5.81. The molecular formula is C15H18N2O2S. The Labute approximate surface area is 122 Å². The molecule has 0 saturated carbocycles. The zero-order chi connectivity index (χ0) is 13.9. The summed E-state index contributed by atoms with van der Waals surface area (Å²) in [6.07, 6.45) is 5.70. The van der Waals surface area contributed by atoms with Crippen molar-refractivity contribution in [2.45, 2.75) is 12.8 Å². The summed E-state index contributed by atoms with van der Waals surface area (Å²) in [6.45, 7) is 1.72. The molecule has 1 aliphatic heterocycles. The number of rotatable bonds is 3. The van der Waals surface area contributed by atoms with Gasteiger partial charge in [-0.1, -0.05) is 0 Å². The van der Waals surface area contributed by atoms with Gasteiger partial charge >= 0.3 is 0 Å². The Hall–Kier alpha value is -1.59. The third-order valence-electron chi connectivity index (χ3n) is 3.88. The van der Waals surface area contributed by atoms with E-state index in [0.717, 1.165) is 36.5 Å². The number of carbonyl (C=O) groups excluding carboxylic acids is 1. The number of nitrogens with zero attached hydrogens (tertiary/aromatic N) is 2. The average molecular weight is 290 g/mol. The van der Waals surface area contributed by atoms with Crippen LogP contribution in [0.15, 0.2) is 36.0 Å². The molecule has 5 heteroatoms. The van der Waals surface area contributed by atoms with Gasteiger partial charge in [-0.3, -0.25) is 4.79 Å². The molecule has 0 atom stereocenters. The van der Waals surface area contributed by atoms with E-state index in [1.165, 1.54) is 11.3 Å². The van der Waals surface area contributed by atoms with Crippen molar-refractivity contribution in [3.8, 4) is 5.69 Å². The van der Waals surface area contributed by atoms with Crippen LogP contribution >= 0.6 is 11.3 Å². The molecule has 4 nitrogen and oxygen atoms in total. The molecule has 2 aromatic rings. The topological polar surface area (TPSA) is 45.5 Å². The number of likely N-dealkylation sites (tertiary alicyclic amines) is 1. The fraction of sp³-hybridized carbons (Fsp3) is 0.400. The molecule has 0 spiro atoms. The van der Waals surface area contributed by atoms with Gasteiger partial charge in [0.1, 0.15) is 4.88 Å². The predicted molar refractivity (Wildman–Crippen MR) is 79.4 cm³/mol. The molecule has 1 saturated heterocycles. The third kappa shape index (κ3) is 2.51. The monoisotopic (exact) mass is 290 g/mol. The minimum atomic E-state index is 0.111. The summed E-state index contributed by atoms with van der Waals surface area (Å²) in [7, 11) is 0. The maximum Gasteiger partial charge on any atom is 0.266 e. The van der Waals surface area contributed by atoms with Crippen molar-refractivity contribution in [3.63, 3.8) is 0 Å². The summed E-state index contributed by atoms with van der Waals surface area (Å²) in [4.78, 5) is 15.3. The number of carbonyl (C=O) groups is 1. The van der Waals surface area contributed by atoms with Crippen LogP contribution in [0, 0.1) is 5.92 Å². The first kappa shape index (κ1) is 13.4. The Morgan fingerprint density at radius 3 is 2.65 bits per heavy atom. The van der Waals surface area contributed by atoms with Crippen molar-refractivity contribution >= 4 is 17.2 Å². The van der Waals surface area contributed by atoms with Gasteiger partial charge in [0.05, 0.1) is 5.69 Å². The molecular weight excluding hydrogens is 272 g/mol. The van der Waals surface area contributed by atoms with Gasteiger partial charge in [-0.25, -0.2) is 0 Å². The summed E-state index contributed by atoms with van der Waals surface area (Å²) in [5.41, 5.74) is 0.953. The third-order valence-corrected chi connectivity index (χ3v) is 4.77. The molecule has 1 amide bonds. The molecule has 2 aromatic heterocycles. The molecule has 1 aliphatic rings. The van der Waals surface area contributed by atoms with Crippen molar-refractivity contribution in [2.75, 3.05) is 19.7 Å². The number of aliphatic hydroxyl groups excluding tert-OH is 1. The molecule has 0 unspecified atom stereocenters. The van der Waals surface area contributed by atoms with Gasteiger partial charge < -0.3 is 14.6 Å². The predicted octanol–water partition coefficient (Wildman–Crippen LogP) is 2.38. The van der Waals surface area contributed by atoms with Crippen LogP contribution in [-0.2, 0) is 0 Å². The van der Waals surface area contributed by atoms with Crippen LogP contribution in [0.4, 0.5) is 0 Å². The van der Waals surface area contributed by atoms with Gasteiger partial charge in [0.15, 0.2) is 0 Å². The van der Waals surface area contributed by atoms with Crippen LogP contribution in [0.5, 0.6) is 0 Å². The van der Waals surface area contributed by atoms with Crippen molar-refractivity contribution in [3.05, 3.63) is 40.8 Å². The molecule has 0 radical (unpaired) electrons. The molecule has 106 valence electrons. The van der Waals surface area contributed by atoms with Crippen LogP contribution in [0.25, 0.3) is 5.69 Å². The minimum Gasteiger partial charge on any atom is -0.396 e. The largest absolute Gasteiger partial charge is 0.396 e. The van der Waals surface area contributed by atoms with E-state index in [4.69, 9.17) is 5.11 Å². The summed E-state index contributed by atoms with van der Waals surface area (Å²) in [5.74, 6) is 0.464. The number of hydrogen-bond acceptors (Lipinski definition) is 3. The van der Waals surface area contributed by atoms with E-state index in [1.54, 1.807) is 0 Å². The van der Waals surface area contributed by atoms with Crippen LogP contribution in [0.3, 0.4) is 0 Å². The first-order valence-corrected chi connectivity index (χ1v) is 7.78. The standard InChI is InChI=1S/C15H18N2O2S/c18-11-12-3-8-17(9-4-12)15(19)14-13(5-10-20-14)16-6-1-2-7-16/h1-2,5-7,10,12,18H,3-4,8-9,11H2. The first-order valence-electron chi connectivity index (χ1n) is 6.90. The lowest BCUT2D eigenvalue weighted by Gasteiger charge is -2.31. The minimum absolute atomic E-state index is 0.111. The lowest BCUT2D eigenvalue weighted by molar-refractivity contribution is 0.0655. The zero-order valence-electron chi connectivity index (χ0n) is 11.2. The second-order valence-corrected chi connectivity index (χ2v) is 6.06. The lowest BCUT2D eigenvalue weighted by Crippen LogP contribution is -2.39. The van der Waals surface area contributed by atoms with E-state index in [2.05, 4.69) is 0 Å². The van der Waals surface area contributed by atoms with E-state index in [9.17, 15) is 4.79 Å². The Kier molecular flexibility index (Phi) is 3.89. The Bertz CT molecular complexity index is 568. The van der Waals surface area contributed by atoms with Crippen LogP contribution in [-0.4, -0.2) is 40.2 Å². The molecule has 0 bridgehead atoms. The lowest BCUT2D eigenvalue weighted by atomic mass is 9.98. The maximum atomic E-state index is 12.6. The molecule has 1 fully saturated rings. The Morgan fingerprint density at radius 1 is 1.30 bits per heavy atom. The zero-order valence-corrected chi connectivity index (χ0v) is 12.1. The Morgan fingerprint density at radius 2 is 2.00 bits per heavy atom. The summed E-state index contributed by atoms with van der Waals surface area (Å²) >= 11 is 1.49. The Balaban J connectivity index is 1.77. The SMILES string of the molecule is O=C(c1sccc1-n1cccc1)N1CCC(CO)CC1. The highest BCUT2D eigenvalue weighted by atomic mass is 32.1. The molecule has 3 heterocycles. The average Bonchev–Trinajstić information content (AvgIpc) is 3.16. The summed E-state index contributed by atoms with van der Waals surface area (Å²) < 4.78 is 1.98. The number of thiophene rings is 1. The maximum absolute atomic E-state index is 12.6. The smallest absolute Gasteiger partial charge is 0.266 e. The fourth-order valence-electron chi connectivity index (χ4n) is 2.62. The number of hydrogen-bond donors (Lipinski definition) is 1. The van der Waals surface area contributed by atoms with Gasteiger partial charge in [-0.05, 0) is 42.3 Å². The van der Waals surface area contributed by atoms with Gasteiger partial charge in [0, 0.05) is 32.1 Å². The number of aliphatic hydroxyl groups is 1. The first-order chi connectivity index (χ1) is 9.79.